The highest BCUT2D eigenvalue weighted by atomic mass is 16.6. The Bertz CT molecular complexity index is 503. The zero-order valence-electron chi connectivity index (χ0n) is 9.87. The van der Waals surface area contributed by atoms with Crippen LogP contribution in [-0.4, -0.2) is 34.1 Å². The van der Waals surface area contributed by atoms with Gasteiger partial charge in [-0.3, -0.25) is 14.9 Å². The highest BCUT2D eigenvalue weighted by Crippen LogP contribution is 2.26. The summed E-state index contributed by atoms with van der Waals surface area (Å²) >= 11 is 0. The third-order valence-corrected chi connectivity index (χ3v) is 3.12. The summed E-state index contributed by atoms with van der Waals surface area (Å²) in [5.74, 6) is -0.790. The molecule has 2 rings (SSSR count). The maximum absolute atomic E-state index is 10.9. The average molecular weight is 251 g/mol. The topological polar surface area (TPSA) is 96.6 Å². The van der Waals surface area contributed by atoms with Crippen molar-refractivity contribution in [2.24, 2.45) is 5.92 Å². The van der Waals surface area contributed by atoms with E-state index in [0.717, 1.165) is 0 Å². The van der Waals surface area contributed by atoms with Crippen LogP contribution in [0.3, 0.4) is 0 Å². The molecule has 2 heterocycles. The summed E-state index contributed by atoms with van der Waals surface area (Å²) in [6, 6.07) is 1.40. The number of pyridine rings is 1. The molecule has 7 nitrogen and oxygen atoms in total. The predicted octanol–water partition coefficient (Wildman–Crippen LogP) is 1.21. The Kier molecular flexibility index (Phi) is 3.14. The molecule has 1 N–H and O–H groups in total. The van der Waals surface area contributed by atoms with Crippen LogP contribution in [0.15, 0.2) is 12.3 Å². The molecule has 18 heavy (non-hydrogen) atoms. The number of aliphatic carboxylic acids is 1. The average Bonchev–Trinajstić information content (AvgIpc) is 2.78. The summed E-state index contributed by atoms with van der Waals surface area (Å²) in [6.07, 6.45) is 1.99. The van der Waals surface area contributed by atoms with E-state index < -0.39 is 16.8 Å². The van der Waals surface area contributed by atoms with Gasteiger partial charge >= 0.3 is 5.97 Å². The number of anilines is 1. The second-order valence-electron chi connectivity index (χ2n) is 4.36. The van der Waals surface area contributed by atoms with Gasteiger partial charge in [0.2, 0.25) is 0 Å². The van der Waals surface area contributed by atoms with Crippen molar-refractivity contribution in [2.45, 2.75) is 13.3 Å². The molecule has 96 valence electrons. The van der Waals surface area contributed by atoms with E-state index in [0.29, 0.717) is 30.9 Å². The Labute approximate surface area is 103 Å². The molecule has 1 aliphatic rings. The van der Waals surface area contributed by atoms with E-state index >= 15 is 0 Å². The first-order valence-corrected chi connectivity index (χ1v) is 5.58. The Hall–Kier alpha value is -2.18. The molecule has 0 bridgehead atoms. The van der Waals surface area contributed by atoms with Crippen molar-refractivity contribution in [3.05, 3.63) is 27.9 Å². The van der Waals surface area contributed by atoms with Crippen LogP contribution in [0.4, 0.5) is 11.5 Å². The second kappa shape index (κ2) is 4.59. The van der Waals surface area contributed by atoms with E-state index in [2.05, 4.69) is 4.98 Å². The fourth-order valence-electron chi connectivity index (χ4n) is 2.04. The van der Waals surface area contributed by atoms with Crippen molar-refractivity contribution < 1.29 is 14.8 Å². The molecule has 1 aliphatic heterocycles. The van der Waals surface area contributed by atoms with Crippen LogP contribution in [0.5, 0.6) is 0 Å². The molecule has 0 saturated carbocycles. The predicted molar refractivity (Wildman–Crippen MR) is 63.6 cm³/mol. The van der Waals surface area contributed by atoms with E-state index in [4.69, 9.17) is 5.11 Å². The minimum absolute atomic E-state index is 0.0128. The van der Waals surface area contributed by atoms with Crippen LogP contribution in [0.1, 0.15) is 12.0 Å². The summed E-state index contributed by atoms with van der Waals surface area (Å²) in [5, 5.41) is 19.7. The first-order chi connectivity index (χ1) is 8.49. The third kappa shape index (κ3) is 2.24. The molecule has 1 fully saturated rings. The van der Waals surface area contributed by atoms with Crippen LogP contribution in [0.2, 0.25) is 0 Å². The van der Waals surface area contributed by atoms with Gasteiger partial charge < -0.3 is 10.0 Å². The summed E-state index contributed by atoms with van der Waals surface area (Å²) in [7, 11) is 0. The fourth-order valence-corrected chi connectivity index (χ4v) is 2.04. The number of carboxylic acids is 1. The Morgan fingerprint density at radius 2 is 2.39 bits per heavy atom. The molecule has 1 atom stereocenters. The van der Waals surface area contributed by atoms with Crippen LogP contribution < -0.4 is 4.90 Å². The quantitative estimate of drug-likeness (QED) is 0.640. The molecule has 0 spiro atoms. The monoisotopic (exact) mass is 251 g/mol. The zero-order valence-corrected chi connectivity index (χ0v) is 9.87. The largest absolute Gasteiger partial charge is 0.481 e. The number of aryl methyl sites for hydroxylation is 1. The minimum Gasteiger partial charge on any atom is -0.481 e. The smallest absolute Gasteiger partial charge is 0.308 e. The van der Waals surface area contributed by atoms with E-state index in [1.54, 1.807) is 11.8 Å². The first kappa shape index (κ1) is 12.3. The standard InChI is InChI=1S/C11H13N3O4/c1-7-5-12-10(4-9(7)14(17)18)13-3-2-8(6-13)11(15)16/h4-5,8H,2-3,6H2,1H3,(H,15,16). The highest BCUT2D eigenvalue weighted by molar-refractivity contribution is 5.72. The van der Waals surface area contributed by atoms with Gasteiger partial charge in [-0.2, -0.15) is 0 Å². The molecule has 0 amide bonds. The van der Waals surface area contributed by atoms with Gasteiger partial charge in [-0.25, -0.2) is 4.98 Å². The zero-order chi connectivity index (χ0) is 13.3. The maximum atomic E-state index is 10.9. The number of nitrogens with zero attached hydrogens (tertiary/aromatic N) is 3. The lowest BCUT2D eigenvalue weighted by molar-refractivity contribution is -0.385. The number of carboxylic acid groups (broad SMARTS) is 1. The Balaban J connectivity index is 2.22. The number of hydrogen-bond donors (Lipinski definition) is 1. The molecule has 0 aromatic carbocycles. The molecule has 1 aromatic heterocycles. The van der Waals surface area contributed by atoms with E-state index in [1.165, 1.54) is 12.3 Å². The van der Waals surface area contributed by atoms with Crippen LogP contribution >= 0.6 is 0 Å². The SMILES string of the molecule is Cc1cnc(N2CCC(C(=O)O)C2)cc1[N+](=O)[O-]. The van der Waals surface area contributed by atoms with Gasteiger partial charge in [0, 0.05) is 24.8 Å². The normalized spacial score (nSPS) is 18.9. The van der Waals surface area contributed by atoms with Gasteiger partial charge in [-0.05, 0) is 13.3 Å². The second-order valence-corrected chi connectivity index (χ2v) is 4.36. The van der Waals surface area contributed by atoms with Crippen molar-refractivity contribution in [1.82, 2.24) is 4.98 Å². The van der Waals surface area contributed by atoms with Crippen molar-refractivity contribution in [3.63, 3.8) is 0 Å². The number of aromatic nitrogens is 1. The third-order valence-electron chi connectivity index (χ3n) is 3.12. The molecule has 1 saturated heterocycles. The number of rotatable bonds is 3. The fraction of sp³-hybridized carbons (Fsp3) is 0.455. The van der Waals surface area contributed by atoms with Crippen LogP contribution in [0, 0.1) is 23.0 Å². The lowest BCUT2D eigenvalue weighted by Crippen LogP contribution is -2.23. The van der Waals surface area contributed by atoms with Gasteiger partial charge in [-0.15, -0.1) is 0 Å². The van der Waals surface area contributed by atoms with Gasteiger partial charge in [0.1, 0.15) is 5.82 Å². The lowest BCUT2D eigenvalue weighted by Gasteiger charge is -2.16. The van der Waals surface area contributed by atoms with E-state index in [9.17, 15) is 14.9 Å². The molecular weight excluding hydrogens is 238 g/mol. The number of carbonyl (C=O) groups is 1. The number of nitro groups is 1. The summed E-state index contributed by atoms with van der Waals surface area (Å²) in [5.41, 5.74) is 0.511. The van der Waals surface area contributed by atoms with E-state index in [1.807, 2.05) is 0 Å². The van der Waals surface area contributed by atoms with E-state index in [-0.39, 0.29) is 5.69 Å². The van der Waals surface area contributed by atoms with Gasteiger partial charge in [0.25, 0.3) is 5.69 Å². The molecule has 7 heteroatoms. The Morgan fingerprint density at radius 1 is 1.67 bits per heavy atom. The van der Waals surface area contributed by atoms with Crippen molar-refractivity contribution in [1.29, 1.82) is 0 Å². The summed E-state index contributed by atoms with van der Waals surface area (Å²) in [6.45, 7) is 2.53. The highest BCUT2D eigenvalue weighted by Gasteiger charge is 2.29. The van der Waals surface area contributed by atoms with Crippen molar-refractivity contribution in [2.75, 3.05) is 18.0 Å². The van der Waals surface area contributed by atoms with Gasteiger partial charge in [0.05, 0.1) is 16.9 Å². The lowest BCUT2D eigenvalue weighted by atomic mass is 10.1. The summed E-state index contributed by atoms with van der Waals surface area (Å²) < 4.78 is 0. The van der Waals surface area contributed by atoms with Crippen LogP contribution in [-0.2, 0) is 4.79 Å². The van der Waals surface area contributed by atoms with Gasteiger partial charge in [-0.1, -0.05) is 0 Å². The minimum atomic E-state index is -0.834. The van der Waals surface area contributed by atoms with Crippen LogP contribution in [0.25, 0.3) is 0 Å². The molecular formula is C11H13N3O4. The van der Waals surface area contributed by atoms with Crippen molar-refractivity contribution in [3.8, 4) is 0 Å². The maximum Gasteiger partial charge on any atom is 0.308 e. The molecule has 1 unspecified atom stereocenters. The Morgan fingerprint density at radius 3 is 2.94 bits per heavy atom. The molecule has 0 radical (unpaired) electrons. The van der Waals surface area contributed by atoms with Gasteiger partial charge in [0.15, 0.2) is 0 Å². The van der Waals surface area contributed by atoms with Crippen molar-refractivity contribution >= 4 is 17.5 Å². The molecule has 1 aromatic rings. The first-order valence-electron chi connectivity index (χ1n) is 5.58. The number of hydrogen-bond acceptors (Lipinski definition) is 5. The summed E-state index contributed by atoms with van der Waals surface area (Å²) in [4.78, 5) is 27.1. The molecule has 0 aliphatic carbocycles.